The summed E-state index contributed by atoms with van der Waals surface area (Å²) in [6, 6.07) is 0. The number of carbonyl (C=O) groups is 1. The van der Waals surface area contributed by atoms with Gasteiger partial charge in [0.1, 0.15) is 0 Å². The Kier molecular flexibility index (Phi) is 3.19. The summed E-state index contributed by atoms with van der Waals surface area (Å²) in [5.41, 5.74) is 0.801. The summed E-state index contributed by atoms with van der Waals surface area (Å²) in [5.74, 6) is 0.569. The molecule has 0 spiro atoms. The Morgan fingerprint density at radius 1 is 1.53 bits per heavy atom. The molecule has 1 aromatic rings. The Balaban J connectivity index is 2.04. The molecule has 0 aliphatic heterocycles. The minimum Gasteiger partial charge on any atom is -0.294 e. The van der Waals surface area contributed by atoms with Gasteiger partial charge in [-0.15, -0.1) is 0 Å². The summed E-state index contributed by atoms with van der Waals surface area (Å²) >= 11 is 0. The Bertz CT molecular complexity index is 337. The highest BCUT2D eigenvalue weighted by Crippen LogP contribution is 2.27. The van der Waals surface area contributed by atoms with Gasteiger partial charge in [-0.2, -0.15) is 5.10 Å². The van der Waals surface area contributed by atoms with E-state index in [0.29, 0.717) is 5.78 Å². The molecule has 0 unspecified atom stereocenters. The van der Waals surface area contributed by atoms with Gasteiger partial charge in [0.05, 0.1) is 11.8 Å². The van der Waals surface area contributed by atoms with Crippen molar-refractivity contribution in [2.45, 2.75) is 45.6 Å². The minimum atomic E-state index is 0.268. The highest BCUT2D eigenvalue weighted by atomic mass is 16.1. The number of carbonyl (C=O) groups excluding carboxylic acids is 1. The molecule has 1 aliphatic carbocycles. The van der Waals surface area contributed by atoms with Crippen molar-refractivity contribution >= 4 is 5.78 Å². The summed E-state index contributed by atoms with van der Waals surface area (Å²) < 4.78 is 1.86. The van der Waals surface area contributed by atoms with Crippen LogP contribution >= 0.6 is 0 Å². The van der Waals surface area contributed by atoms with Gasteiger partial charge < -0.3 is 0 Å². The molecule has 0 N–H and O–H groups in total. The molecule has 2 rings (SSSR count). The molecule has 0 aromatic carbocycles. The fourth-order valence-corrected chi connectivity index (χ4v) is 2.27. The first-order valence-corrected chi connectivity index (χ1v) is 5.88. The van der Waals surface area contributed by atoms with Crippen LogP contribution in [0, 0.1) is 5.92 Å². The van der Waals surface area contributed by atoms with Crippen LogP contribution in [0.5, 0.6) is 0 Å². The van der Waals surface area contributed by atoms with Gasteiger partial charge in [-0.1, -0.05) is 19.8 Å². The number of Topliss-reactive ketones (excluding diaryl/α,β-unsaturated/α-hetero) is 1. The van der Waals surface area contributed by atoms with Crippen LogP contribution < -0.4 is 0 Å². The maximum absolute atomic E-state index is 12.0. The monoisotopic (exact) mass is 206 g/mol. The maximum atomic E-state index is 12.0. The van der Waals surface area contributed by atoms with Crippen LogP contribution in [0.2, 0.25) is 0 Å². The third kappa shape index (κ3) is 2.28. The molecule has 1 saturated carbocycles. The van der Waals surface area contributed by atoms with E-state index in [1.807, 2.05) is 10.9 Å². The van der Waals surface area contributed by atoms with E-state index in [4.69, 9.17) is 0 Å². The third-order valence-electron chi connectivity index (χ3n) is 3.10. The average molecular weight is 206 g/mol. The number of hydrogen-bond acceptors (Lipinski definition) is 2. The van der Waals surface area contributed by atoms with E-state index in [0.717, 1.165) is 31.4 Å². The lowest BCUT2D eigenvalue weighted by Gasteiger charge is -2.04. The van der Waals surface area contributed by atoms with Gasteiger partial charge in [0, 0.05) is 18.7 Å². The number of nitrogens with zero attached hydrogens (tertiary/aromatic N) is 2. The molecule has 0 radical (unpaired) electrons. The molecule has 1 aromatic heterocycles. The molecule has 15 heavy (non-hydrogen) atoms. The van der Waals surface area contributed by atoms with Crippen molar-refractivity contribution in [2.24, 2.45) is 5.92 Å². The van der Waals surface area contributed by atoms with Gasteiger partial charge in [-0.25, -0.2) is 0 Å². The number of aromatic nitrogens is 2. The SMILES string of the molecule is CCCn1cc(C(=O)C2CCCC2)cn1. The first-order chi connectivity index (χ1) is 7.31. The molecule has 82 valence electrons. The van der Waals surface area contributed by atoms with Gasteiger partial charge in [0.15, 0.2) is 5.78 Å². The molecule has 0 atom stereocenters. The molecular weight excluding hydrogens is 188 g/mol. The van der Waals surface area contributed by atoms with Crippen LogP contribution in [0.15, 0.2) is 12.4 Å². The van der Waals surface area contributed by atoms with Gasteiger partial charge in [0.2, 0.25) is 0 Å². The van der Waals surface area contributed by atoms with Crippen molar-refractivity contribution in [1.82, 2.24) is 9.78 Å². The van der Waals surface area contributed by atoms with E-state index in [1.54, 1.807) is 6.20 Å². The third-order valence-corrected chi connectivity index (χ3v) is 3.10. The largest absolute Gasteiger partial charge is 0.294 e. The van der Waals surface area contributed by atoms with Gasteiger partial charge >= 0.3 is 0 Å². The highest BCUT2D eigenvalue weighted by molar-refractivity contribution is 5.97. The van der Waals surface area contributed by atoms with E-state index in [-0.39, 0.29) is 5.92 Å². The topological polar surface area (TPSA) is 34.9 Å². The predicted molar refractivity (Wildman–Crippen MR) is 58.8 cm³/mol. The van der Waals surface area contributed by atoms with Gasteiger partial charge in [0.25, 0.3) is 0 Å². The van der Waals surface area contributed by atoms with Crippen molar-refractivity contribution in [3.05, 3.63) is 18.0 Å². The van der Waals surface area contributed by atoms with E-state index < -0.39 is 0 Å². The number of rotatable bonds is 4. The van der Waals surface area contributed by atoms with Crippen LogP contribution in [-0.4, -0.2) is 15.6 Å². The molecule has 3 nitrogen and oxygen atoms in total. The molecule has 1 heterocycles. The van der Waals surface area contributed by atoms with Crippen molar-refractivity contribution in [3.8, 4) is 0 Å². The first kappa shape index (κ1) is 10.4. The molecule has 0 amide bonds. The van der Waals surface area contributed by atoms with E-state index in [9.17, 15) is 4.79 Å². The highest BCUT2D eigenvalue weighted by Gasteiger charge is 2.24. The second-order valence-corrected chi connectivity index (χ2v) is 4.34. The fraction of sp³-hybridized carbons (Fsp3) is 0.667. The Morgan fingerprint density at radius 3 is 2.93 bits per heavy atom. The van der Waals surface area contributed by atoms with Crippen molar-refractivity contribution < 1.29 is 4.79 Å². The van der Waals surface area contributed by atoms with Crippen LogP contribution in [0.25, 0.3) is 0 Å². The van der Waals surface area contributed by atoms with Crippen molar-refractivity contribution in [3.63, 3.8) is 0 Å². The van der Waals surface area contributed by atoms with Gasteiger partial charge in [-0.05, 0) is 19.3 Å². The van der Waals surface area contributed by atoms with Crippen LogP contribution in [0.4, 0.5) is 0 Å². The second-order valence-electron chi connectivity index (χ2n) is 4.34. The van der Waals surface area contributed by atoms with Crippen LogP contribution in [0.3, 0.4) is 0 Å². The van der Waals surface area contributed by atoms with E-state index >= 15 is 0 Å². The zero-order chi connectivity index (χ0) is 10.7. The lowest BCUT2D eigenvalue weighted by molar-refractivity contribution is 0.0923. The average Bonchev–Trinajstić information content (AvgIpc) is 2.87. The lowest BCUT2D eigenvalue weighted by Crippen LogP contribution is -2.10. The van der Waals surface area contributed by atoms with Crippen LogP contribution in [-0.2, 0) is 6.54 Å². The van der Waals surface area contributed by atoms with Gasteiger partial charge in [-0.3, -0.25) is 9.48 Å². The standard InChI is InChI=1S/C12H18N2O/c1-2-7-14-9-11(8-13-14)12(15)10-5-3-4-6-10/h8-10H,2-7H2,1H3. The lowest BCUT2D eigenvalue weighted by atomic mass is 9.99. The fourth-order valence-electron chi connectivity index (χ4n) is 2.27. The smallest absolute Gasteiger partial charge is 0.169 e. The molecule has 1 aliphatic rings. The van der Waals surface area contributed by atoms with Crippen LogP contribution in [0.1, 0.15) is 49.4 Å². The predicted octanol–water partition coefficient (Wildman–Crippen LogP) is 2.67. The summed E-state index contributed by atoms with van der Waals surface area (Å²) in [4.78, 5) is 12.0. The zero-order valence-corrected chi connectivity index (χ0v) is 9.28. The number of aryl methyl sites for hydroxylation is 1. The molecule has 3 heteroatoms. The Morgan fingerprint density at radius 2 is 2.27 bits per heavy atom. The summed E-state index contributed by atoms with van der Waals surface area (Å²) in [7, 11) is 0. The van der Waals surface area contributed by atoms with E-state index in [2.05, 4.69) is 12.0 Å². The van der Waals surface area contributed by atoms with Crippen molar-refractivity contribution in [2.75, 3.05) is 0 Å². The second kappa shape index (κ2) is 4.60. The maximum Gasteiger partial charge on any atom is 0.169 e. The number of hydrogen-bond donors (Lipinski definition) is 0. The minimum absolute atomic E-state index is 0.268. The molecule has 0 saturated heterocycles. The summed E-state index contributed by atoms with van der Waals surface area (Å²) in [5, 5.41) is 4.19. The molecule has 1 fully saturated rings. The number of ketones is 1. The first-order valence-electron chi connectivity index (χ1n) is 5.88. The van der Waals surface area contributed by atoms with Crippen molar-refractivity contribution in [1.29, 1.82) is 0 Å². The molecule has 0 bridgehead atoms. The zero-order valence-electron chi connectivity index (χ0n) is 9.28. The summed E-state index contributed by atoms with van der Waals surface area (Å²) in [6.45, 7) is 3.01. The Labute approximate surface area is 90.5 Å². The summed E-state index contributed by atoms with van der Waals surface area (Å²) in [6.07, 6.45) is 9.22. The molecular formula is C12H18N2O. The quantitative estimate of drug-likeness (QED) is 0.710. The normalized spacial score (nSPS) is 17.1. The Hall–Kier alpha value is -1.12. The van der Waals surface area contributed by atoms with E-state index in [1.165, 1.54) is 12.8 Å².